The zero-order valence-electron chi connectivity index (χ0n) is 10.5. The van der Waals surface area contributed by atoms with Crippen LogP contribution in [0, 0.1) is 5.82 Å². The van der Waals surface area contributed by atoms with E-state index >= 15 is 0 Å². The summed E-state index contributed by atoms with van der Waals surface area (Å²) < 4.78 is 17.9. The summed E-state index contributed by atoms with van der Waals surface area (Å²) in [6.45, 7) is 0. The molecule has 19 heavy (non-hydrogen) atoms. The second kappa shape index (κ2) is 7.14. The topological polar surface area (TPSA) is 30.2 Å². The minimum atomic E-state index is -0.314. The normalized spacial score (nSPS) is 10.6. The predicted octanol–water partition coefficient (Wildman–Crippen LogP) is 4.32. The molecule has 0 bridgehead atoms. The highest BCUT2D eigenvalue weighted by Gasteiger charge is 2.05. The molecule has 2 rings (SSSR count). The number of hydrogen-bond acceptors (Lipinski definition) is 3. The molecule has 1 aromatic heterocycles. The van der Waals surface area contributed by atoms with Gasteiger partial charge in [0.1, 0.15) is 11.6 Å². The summed E-state index contributed by atoms with van der Waals surface area (Å²) in [5.74, 6) is 2.45. The third-order valence-electron chi connectivity index (χ3n) is 2.68. The van der Waals surface area contributed by atoms with Gasteiger partial charge >= 0.3 is 0 Å². The molecule has 0 saturated carbocycles. The van der Waals surface area contributed by atoms with Crippen molar-refractivity contribution in [1.82, 2.24) is 0 Å². The van der Waals surface area contributed by atoms with Gasteiger partial charge in [-0.2, -0.15) is 11.8 Å². The second-order valence-electron chi connectivity index (χ2n) is 4.17. The number of carbonyl (C=O) groups excluding carboxylic acids is 1. The van der Waals surface area contributed by atoms with Crippen molar-refractivity contribution in [1.29, 1.82) is 0 Å². The quantitative estimate of drug-likeness (QED) is 0.558. The lowest BCUT2D eigenvalue weighted by molar-refractivity contribution is 0.0982. The van der Waals surface area contributed by atoms with Gasteiger partial charge in [-0.25, -0.2) is 4.39 Å². The zero-order chi connectivity index (χ0) is 13.5. The smallest absolute Gasteiger partial charge is 0.162 e. The van der Waals surface area contributed by atoms with Crippen molar-refractivity contribution in [3.8, 4) is 0 Å². The molecule has 0 aliphatic rings. The number of hydrogen-bond donors (Lipinski definition) is 0. The molecular weight excluding hydrogens is 263 g/mol. The minimum Gasteiger partial charge on any atom is -0.468 e. The highest BCUT2D eigenvalue weighted by molar-refractivity contribution is 7.98. The summed E-state index contributed by atoms with van der Waals surface area (Å²) in [4.78, 5) is 11.8. The van der Waals surface area contributed by atoms with Crippen molar-refractivity contribution >= 4 is 17.5 Å². The molecule has 2 aromatic rings. The van der Waals surface area contributed by atoms with E-state index in [0.717, 1.165) is 23.7 Å². The first kappa shape index (κ1) is 13.9. The van der Waals surface area contributed by atoms with Gasteiger partial charge in [0.25, 0.3) is 0 Å². The van der Waals surface area contributed by atoms with E-state index in [4.69, 9.17) is 4.42 Å². The van der Waals surface area contributed by atoms with E-state index in [1.54, 1.807) is 18.0 Å². The molecule has 1 aromatic carbocycles. The number of furan rings is 1. The highest BCUT2D eigenvalue weighted by atomic mass is 32.2. The Morgan fingerprint density at radius 3 is 2.68 bits per heavy atom. The Bertz CT molecular complexity index is 505. The molecule has 0 amide bonds. The molecule has 0 aliphatic carbocycles. The number of ketones is 1. The average molecular weight is 278 g/mol. The average Bonchev–Trinajstić information content (AvgIpc) is 2.92. The Labute approximate surface area is 116 Å². The second-order valence-corrected chi connectivity index (χ2v) is 5.27. The van der Waals surface area contributed by atoms with Gasteiger partial charge < -0.3 is 4.42 Å². The molecule has 0 spiro atoms. The number of benzene rings is 1. The minimum absolute atomic E-state index is 0.0681. The van der Waals surface area contributed by atoms with Crippen LogP contribution in [0.15, 0.2) is 47.1 Å². The summed E-state index contributed by atoms with van der Waals surface area (Å²) >= 11 is 1.74. The number of halogens is 1. The fourth-order valence-electron chi connectivity index (χ4n) is 1.68. The number of Topliss-reactive ketones (excluding diaryl/α,β-unsaturated/α-hetero) is 1. The summed E-state index contributed by atoms with van der Waals surface area (Å²) in [5.41, 5.74) is 0.581. The van der Waals surface area contributed by atoms with E-state index in [1.807, 2.05) is 12.1 Å². The Balaban J connectivity index is 1.65. The van der Waals surface area contributed by atoms with Crippen LogP contribution < -0.4 is 0 Å². The van der Waals surface area contributed by atoms with Gasteiger partial charge in [0, 0.05) is 12.0 Å². The first-order valence-electron chi connectivity index (χ1n) is 6.14. The molecule has 2 nitrogen and oxygen atoms in total. The van der Waals surface area contributed by atoms with E-state index in [2.05, 4.69) is 0 Å². The largest absolute Gasteiger partial charge is 0.468 e. The van der Waals surface area contributed by atoms with Crippen molar-refractivity contribution in [3.05, 3.63) is 59.8 Å². The molecular formula is C15H15FO2S. The van der Waals surface area contributed by atoms with Crippen molar-refractivity contribution in [2.24, 2.45) is 0 Å². The summed E-state index contributed by atoms with van der Waals surface area (Å²) in [6.07, 6.45) is 2.98. The molecule has 0 saturated heterocycles. The van der Waals surface area contributed by atoms with Crippen molar-refractivity contribution in [2.75, 3.05) is 5.75 Å². The van der Waals surface area contributed by atoms with Gasteiger partial charge in [-0.05, 0) is 48.6 Å². The van der Waals surface area contributed by atoms with E-state index in [-0.39, 0.29) is 11.6 Å². The highest BCUT2D eigenvalue weighted by Crippen LogP contribution is 2.15. The van der Waals surface area contributed by atoms with E-state index < -0.39 is 0 Å². The Hall–Kier alpha value is -1.55. The summed E-state index contributed by atoms with van der Waals surface area (Å²) in [5, 5.41) is 0. The third kappa shape index (κ3) is 4.56. The number of rotatable bonds is 7. The van der Waals surface area contributed by atoms with Gasteiger partial charge in [-0.1, -0.05) is 0 Å². The Kier molecular flexibility index (Phi) is 5.21. The van der Waals surface area contributed by atoms with Crippen molar-refractivity contribution in [2.45, 2.75) is 18.6 Å². The van der Waals surface area contributed by atoms with Crippen LogP contribution in [0.4, 0.5) is 4.39 Å². The monoisotopic (exact) mass is 278 g/mol. The molecule has 4 heteroatoms. The lowest BCUT2D eigenvalue weighted by atomic mass is 10.1. The van der Waals surface area contributed by atoms with E-state index in [1.165, 1.54) is 24.3 Å². The molecule has 1 heterocycles. The summed E-state index contributed by atoms with van der Waals surface area (Å²) in [7, 11) is 0. The maximum atomic E-state index is 12.7. The predicted molar refractivity (Wildman–Crippen MR) is 74.8 cm³/mol. The van der Waals surface area contributed by atoms with Crippen LogP contribution in [0.5, 0.6) is 0 Å². The number of thioether (sulfide) groups is 1. The molecule has 0 atom stereocenters. The van der Waals surface area contributed by atoms with E-state index in [0.29, 0.717) is 12.0 Å². The van der Waals surface area contributed by atoms with Gasteiger partial charge in [-0.3, -0.25) is 4.79 Å². The van der Waals surface area contributed by atoms with E-state index in [9.17, 15) is 9.18 Å². The van der Waals surface area contributed by atoms with Gasteiger partial charge in [0.15, 0.2) is 5.78 Å². The molecule has 0 unspecified atom stereocenters. The maximum absolute atomic E-state index is 12.7. The first-order valence-corrected chi connectivity index (χ1v) is 7.30. The molecule has 100 valence electrons. The fraction of sp³-hybridized carbons (Fsp3) is 0.267. The maximum Gasteiger partial charge on any atom is 0.162 e. The van der Waals surface area contributed by atoms with Gasteiger partial charge in [0.05, 0.1) is 12.0 Å². The van der Waals surface area contributed by atoms with Gasteiger partial charge in [-0.15, -0.1) is 0 Å². The number of carbonyl (C=O) groups is 1. The molecule has 0 fully saturated rings. The van der Waals surface area contributed by atoms with Crippen molar-refractivity contribution in [3.63, 3.8) is 0 Å². The molecule has 0 N–H and O–H groups in total. The van der Waals surface area contributed by atoms with Crippen molar-refractivity contribution < 1.29 is 13.6 Å². The van der Waals surface area contributed by atoms with Crippen LogP contribution in [0.3, 0.4) is 0 Å². The van der Waals surface area contributed by atoms with Crippen LogP contribution >= 0.6 is 11.8 Å². The summed E-state index contributed by atoms with van der Waals surface area (Å²) in [6, 6.07) is 9.52. The standard InChI is InChI=1S/C15H15FO2S/c16-13-7-5-12(6-8-13)15(17)4-2-10-19-11-14-3-1-9-18-14/h1,3,5-9H,2,4,10-11H2. The molecule has 0 radical (unpaired) electrons. The van der Waals surface area contributed by atoms with Crippen LogP contribution in [-0.2, 0) is 5.75 Å². The molecule has 0 aliphatic heterocycles. The first-order chi connectivity index (χ1) is 9.25. The van der Waals surface area contributed by atoms with Gasteiger partial charge in [0.2, 0.25) is 0 Å². The third-order valence-corrected chi connectivity index (χ3v) is 3.75. The van der Waals surface area contributed by atoms with Crippen LogP contribution in [0.2, 0.25) is 0 Å². The zero-order valence-corrected chi connectivity index (χ0v) is 11.3. The van der Waals surface area contributed by atoms with Crippen LogP contribution in [0.25, 0.3) is 0 Å². The van der Waals surface area contributed by atoms with Crippen LogP contribution in [-0.4, -0.2) is 11.5 Å². The Morgan fingerprint density at radius 1 is 1.21 bits per heavy atom. The fourth-order valence-corrected chi connectivity index (χ4v) is 2.54. The Morgan fingerprint density at radius 2 is 2.00 bits per heavy atom. The lowest BCUT2D eigenvalue weighted by Crippen LogP contribution is -1.99. The SMILES string of the molecule is O=C(CCCSCc1ccco1)c1ccc(F)cc1. The lowest BCUT2D eigenvalue weighted by Gasteiger charge is -2.01. The van der Waals surface area contributed by atoms with Crippen LogP contribution in [0.1, 0.15) is 29.0 Å².